The second-order valence-corrected chi connectivity index (χ2v) is 7.61. The number of para-hydroxylation sites is 1. The van der Waals surface area contributed by atoms with E-state index < -0.39 is 17.6 Å². The minimum absolute atomic E-state index is 0.103. The summed E-state index contributed by atoms with van der Waals surface area (Å²) in [6.07, 6.45) is -4.57. The zero-order valence-corrected chi connectivity index (χ0v) is 17.4. The number of carbonyl (C=O) groups excluding carboxylic acids is 2. The van der Waals surface area contributed by atoms with Crippen LogP contribution in [0.5, 0.6) is 0 Å². The fraction of sp³-hybridized carbons (Fsp3) is 0.273. The third kappa shape index (κ3) is 4.87. The van der Waals surface area contributed by atoms with E-state index in [0.29, 0.717) is 37.0 Å². The lowest BCUT2D eigenvalue weighted by Gasteiger charge is -2.34. The number of aromatic nitrogens is 2. The summed E-state index contributed by atoms with van der Waals surface area (Å²) >= 11 is 0. The Labute approximate surface area is 186 Å². The Morgan fingerprint density at radius 3 is 2.30 bits per heavy atom. The Bertz CT molecular complexity index is 1250. The van der Waals surface area contributed by atoms with Gasteiger partial charge in [0.25, 0.3) is 11.5 Å². The molecule has 2 heterocycles. The number of piperazine rings is 1. The molecule has 2 aromatic carbocycles. The Balaban J connectivity index is 1.37. The molecule has 33 heavy (non-hydrogen) atoms. The third-order valence-corrected chi connectivity index (χ3v) is 5.43. The zero-order chi connectivity index (χ0) is 23.6. The van der Waals surface area contributed by atoms with Crippen molar-refractivity contribution in [3.05, 3.63) is 70.1 Å². The maximum Gasteiger partial charge on any atom is 0.418 e. The number of nitrogens with zero attached hydrogens (tertiary/aromatic N) is 3. The topological polar surface area (TPSA) is 98.4 Å². The molecule has 0 aliphatic carbocycles. The molecule has 172 valence electrons. The summed E-state index contributed by atoms with van der Waals surface area (Å²) in [5.41, 5.74) is -1.44. The number of fused-ring (bicyclic) bond motifs is 1. The highest BCUT2D eigenvalue weighted by atomic mass is 19.4. The Hall–Kier alpha value is -3.73. The van der Waals surface area contributed by atoms with Crippen molar-refractivity contribution in [1.29, 1.82) is 0 Å². The number of carbonyl (C=O) groups is 2. The summed E-state index contributed by atoms with van der Waals surface area (Å²) in [5.74, 6) is -0.912. The number of benzene rings is 2. The van der Waals surface area contributed by atoms with Crippen molar-refractivity contribution in [1.82, 2.24) is 20.0 Å². The highest BCUT2D eigenvalue weighted by Gasteiger charge is 2.34. The third-order valence-electron chi connectivity index (χ3n) is 5.43. The van der Waals surface area contributed by atoms with E-state index in [1.807, 2.05) is 0 Å². The van der Waals surface area contributed by atoms with Crippen LogP contribution in [0.3, 0.4) is 0 Å². The van der Waals surface area contributed by atoms with E-state index >= 15 is 0 Å². The van der Waals surface area contributed by atoms with Gasteiger partial charge in [0.05, 0.1) is 23.2 Å². The molecule has 8 nitrogen and oxygen atoms in total. The van der Waals surface area contributed by atoms with Crippen LogP contribution < -0.4 is 10.9 Å². The van der Waals surface area contributed by atoms with E-state index in [2.05, 4.69) is 15.5 Å². The molecule has 1 fully saturated rings. The number of aromatic amines is 1. The van der Waals surface area contributed by atoms with Gasteiger partial charge in [0.1, 0.15) is 0 Å². The molecule has 4 rings (SSSR count). The first-order chi connectivity index (χ1) is 15.7. The summed E-state index contributed by atoms with van der Waals surface area (Å²) < 4.78 is 39.3. The first kappa shape index (κ1) is 22.5. The van der Waals surface area contributed by atoms with Crippen molar-refractivity contribution in [3.63, 3.8) is 0 Å². The standard InChI is InChI=1S/C22H20F3N5O3/c23-22(24,25)16-7-3-4-8-17(16)26-18(31)13-29-9-11-30(12-10-29)21(33)19-14-5-1-2-6-15(14)20(32)28-27-19/h1-8H,9-13H2,(H,26,31)(H,28,32). The summed E-state index contributed by atoms with van der Waals surface area (Å²) in [6, 6.07) is 11.5. The molecular formula is C22H20F3N5O3. The van der Waals surface area contributed by atoms with E-state index in [1.165, 1.54) is 18.2 Å². The van der Waals surface area contributed by atoms with Crippen LogP contribution in [0.1, 0.15) is 16.1 Å². The molecule has 0 unspecified atom stereocenters. The number of nitrogens with one attached hydrogen (secondary N) is 2. The van der Waals surface area contributed by atoms with Crippen LogP contribution in [0.4, 0.5) is 18.9 Å². The van der Waals surface area contributed by atoms with Crippen molar-refractivity contribution >= 4 is 28.3 Å². The average molecular weight is 459 g/mol. The molecular weight excluding hydrogens is 439 g/mol. The van der Waals surface area contributed by atoms with Crippen LogP contribution in [0.15, 0.2) is 53.3 Å². The molecule has 1 aromatic heterocycles. The largest absolute Gasteiger partial charge is 0.418 e. The maximum atomic E-state index is 13.1. The van der Waals surface area contributed by atoms with E-state index in [0.717, 1.165) is 6.07 Å². The predicted molar refractivity (Wildman–Crippen MR) is 115 cm³/mol. The number of hydrogen-bond donors (Lipinski definition) is 2. The van der Waals surface area contributed by atoms with E-state index in [9.17, 15) is 27.6 Å². The van der Waals surface area contributed by atoms with Gasteiger partial charge in [0.15, 0.2) is 5.69 Å². The van der Waals surface area contributed by atoms with Crippen molar-refractivity contribution < 1.29 is 22.8 Å². The van der Waals surface area contributed by atoms with Gasteiger partial charge in [0, 0.05) is 31.6 Å². The molecule has 2 amide bonds. The van der Waals surface area contributed by atoms with Crippen LogP contribution in [0, 0.1) is 0 Å². The second-order valence-electron chi connectivity index (χ2n) is 7.61. The molecule has 1 aliphatic rings. The molecule has 1 saturated heterocycles. The summed E-state index contributed by atoms with van der Waals surface area (Å²) in [4.78, 5) is 40.6. The molecule has 0 saturated carbocycles. The van der Waals surface area contributed by atoms with Gasteiger partial charge in [-0.1, -0.05) is 30.3 Å². The molecule has 0 radical (unpaired) electrons. The first-order valence-corrected chi connectivity index (χ1v) is 10.2. The average Bonchev–Trinajstić information content (AvgIpc) is 2.79. The first-order valence-electron chi connectivity index (χ1n) is 10.2. The van der Waals surface area contributed by atoms with Crippen molar-refractivity contribution in [3.8, 4) is 0 Å². The lowest BCUT2D eigenvalue weighted by atomic mass is 10.1. The van der Waals surface area contributed by atoms with Crippen LogP contribution in [-0.2, 0) is 11.0 Å². The Morgan fingerprint density at radius 2 is 1.61 bits per heavy atom. The summed E-state index contributed by atoms with van der Waals surface area (Å²) in [6.45, 7) is 1.23. The zero-order valence-electron chi connectivity index (χ0n) is 17.4. The van der Waals surface area contributed by atoms with Gasteiger partial charge in [-0.05, 0) is 18.2 Å². The number of H-pyrrole nitrogens is 1. The van der Waals surface area contributed by atoms with Gasteiger partial charge in [-0.25, -0.2) is 5.10 Å². The Morgan fingerprint density at radius 1 is 0.970 bits per heavy atom. The quantitative estimate of drug-likeness (QED) is 0.624. The number of rotatable bonds is 4. The van der Waals surface area contributed by atoms with E-state index in [-0.39, 0.29) is 29.4 Å². The smallest absolute Gasteiger partial charge is 0.335 e. The molecule has 1 aliphatic heterocycles. The fourth-order valence-electron chi connectivity index (χ4n) is 3.77. The van der Waals surface area contributed by atoms with Crippen LogP contribution in [0.25, 0.3) is 10.8 Å². The molecule has 0 spiro atoms. The molecule has 0 bridgehead atoms. The minimum Gasteiger partial charge on any atom is -0.335 e. The number of anilines is 1. The van der Waals surface area contributed by atoms with Gasteiger partial charge >= 0.3 is 6.18 Å². The van der Waals surface area contributed by atoms with Crippen LogP contribution in [-0.4, -0.2) is 64.5 Å². The molecule has 0 atom stereocenters. The SMILES string of the molecule is O=C(CN1CCN(C(=O)c2n[nH]c(=O)c3ccccc23)CC1)Nc1ccccc1C(F)(F)F. The van der Waals surface area contributed by atoms with E-state index in [4.69, 9.17) is 0 Å². The number of alkyl halides is 3. The van der Waals surface area contributed by atoms with Gasteiger partial charge in [-0.3, -0.25) is 19.3 Å². The Kier molecular flexibility index (Phi) is 6.14. The van der Waals surface area contributed by atoms with Gasteiger partial charge < -0.3 is 10.2 Å². The van der Waals surface area contributed by atoms with Crippen molar-refractivity contribution in [2.45, 2.75) is 6.18 Å². The highest BCUT2D eigenvalue weighted by molar-refractivity contribution is 6.04. The number of halogens is 3. The molecule has 2 N–H and O–H groups in total. The van der Waals surface area contributed by atoms with Crippen LogP contribution in [0.2, 0.25) is 0 Å². The van der Waals surface area contributed by atoms with Gasteiger partial charge in [-0.15, -0.1) is 0 Å². The number of amides is 2. The predicted octanol–water partition coefficient (Wildman–Crippen LogP) is 2.34. The fourth-order valence-corrected chi connectivity index (χ4v) is 3.77. The molecule has 11 heteroatoms. The maximum absolute atomic E-state index is 13.1. The second kappa shape index (κ2) is 9.02. The lowest BCUT2D eigenvalue weighted by molar-refractivity contribution is -0.137. The monoisotopic (exact) mass is 459 g/mol. The lowest BCUT2D eigenvalue weighted by Crippen LogP contribution is -2.50. The van der Waals surface area contributed by atoms with E-state index in [1.54, 1.807) is 34.1 Å². The number of hydrogen-bond acceptors (Lipinski definition) is 5. The molecule has 3 aromatic rings. The minimum atomic E-state index is -4.57. The van der Waals surface area contributed by atoms with Crippen molar-refractivity contribution in [2.75, 3.05) is 38.0 Å². The normalized spacial score (nSPS) is 14.9. The van der Waals surface area contributed by atoms with Gasteiger partial charge in [0.2, 0.25) is 5.91 Å². The van der Waals surface area contributed by atoms with Crippen molar-refractivity contribution in [2.24, 2.45) is 0 Å². The summed E-state index contributed by atoms with van der Waals surface area (Å²) in [5, 5.41) is 9.41. The van der Waals surface area contributed by atoms with Crippen LogP contribution >= 0.6 is 0 Å². The summed E-state index contributed by atoms with van der Waals surface area (Å²) in [7, 11) is 0. The highest BCUT2D eigenvalue weighted by Crippen LogP contribution is 2.34. The van der Waals surface area contributed by atoms with Gasteiger partial charge in [-0.2, -0.15) is 18.3 Å².